The van der Waals surface area contributed by atoms with E-state index in [1.165, 1.54) is 9.13 Å². The van der Waals surface area contributed by atoms with Crippen molar-refractivity contribution in [3.63, 3.8) is 0 Å². The molecule has 0 heterocycles. The number of rotatable bonds is 4. The summed E-state index contributed by atoms with van der Waals surface area (Å²) in [5, 5.41) is 6.21. The summed E-state index contributed by atoms with van der Waals surface area (Å²) in [6.07, 6.45) is 0.488. The molecular formula is C14H21IN2O. The summed E-state index contributed by atoms with van der Waals surface area (Å²) in [6, 6.07) is 5.95. The van der Waals surface area contributed by atoms with E-state index >= 15 is 0 Å². The SMILES string of the molecule is Cc1ccc(NC(=O)CCNC(C)(C)C)cc1I. The molecule has 1 aromatic carbocycles. The zero-order valence-electron chi connectivity index (χ0n) is 11.4. The standard InChI is InChI=1S/C14H21IN2O/c1-10-5-6-11(9-12(10)15)17-13(18)7-8-16-14(2,3)4/h5-6,9,16H,7-8H2,1-4H3,(H,17,18). The van der Waals surface area contributed by atoms with Gasteiger partial charge in [-0.2, -0.15) is 0 Å². The monoisotopic (exact) mass is 360 g/mol. The topological polar surface area (TPSA) is 41.1 Å². The van der Waals surface area contributed by atoms with Crippen LogP contribution < -0.4 is 10.6 Å². The van der Waals surface area contributed by atoms with E-state index in [0.29, 0.717) is 13.0 Å². The molecule has 0 atom stereocenters. The van der Waals surface area contributed by atoms with Crippen LogP contribution in [0.1, 0.15) is 32.8 Å². The van der Waals surface area contributed by atoms with Gasteiger partial charge in [0.2, 0.25) is 5.91 Å². The maximum atomic E-state index is 11.7. The molecule has 0 spiro atoms. The minimum absolute atomic E-state index is 0.0476. The first-order valence-electron chi connectivity index (χ1n) is 6.09. The lowest BCUT2D eigenvalue weighted by molar-refractivity contribution is -0.116. The number of amides is 1. The van der Waals surface area contributed by atoms with Crippen molar-refractivity contribution >= 4 is 34.2 Å². The van der Waals surface area contributed by atoms with Crippen LogP contribution in [0.15, 0.2) is 18.2 Å². The summed E-state index contributed by atoms with van der Waals surface area (Å²) in [5.41, 5.74) is 2.15. The van der Waals surface area contributed by atoms with Gasteiger partial charge < -0.3 is 10.6 Å². The zero-order valence-corrected chi connectivity index (χ0v) is 13.6. The van der Waals surface area contributed by atoms with Crippen molar-refractivity contribution in [2.75, 3.05) is 11.9 Å². The first-order valence-corrected chi connectivity index (χ1v) is 7.17. The van der Waals surface area contributed by atoms with E-state index in [4.69, 9.17) is 0 Å². The van der Waals surface area contributed by atoms with Crippen LogP contribution in [0.25, 0.3) is 0 Å². The lowest BCUT2D eigenvalue weighted by atomic mass is 10.1. The molecule has 1 aromatic rings. The Kier molecular flexibility index (Phi) is 5.59. The van der Waals surface area contributed by atoms with Crippen LogP contribution in [0.5, 0.6) is 0 Å². The Balaban J connectivity index is 2.42. The highest BCUT2D eigenvalue weighted by molar-refractivity contribution is 14.1. The summed E-state index contributed by atoms with van der Waals surface area (Å²) < 4.78 is 1.17. The number of hydrogen-bond acceptors (Lipinski definition) is 2. The predicted molar refractivity (Wildman–Crippen MR) is 84.9 cm³/mol. The molecule has 0 unspecified atom stereocenters. The van der Waals surface area contributed by atoms with Crippen LogP contribution in [-0.2, 0) is 4.79 Å². The zero-order chi connectivity index (χ0) is 13.8. The Morgan fingerprint density at radius 1 is 1.33 bits per heavy atom. The van der Waals surface area contributed by atoms with E-state index in [2.05, 4.69) is 60.9 Å². The number of aryl methyl sites for hydroxylation is 1. The summed E-state index contributed by atoms with van der Waals surface area (Å²) in [5.74, 6) is 0.0476. The van der Waals surface area contributed by atoms with Crippen LogP contribution in [0, 0.1) is 10.5 Å². The Bertz CT molecular complexity index is 424. The number of halogens is 1. The third kappa shape index (κ3) is 5.82. The second-order valence-electron chi connectivity index (χ2n) is 5.44. The first-order chi connectivity index (χ1) is 8.28. The molecule has 0 fully saturated rings. The fourth-order valence-corrected chi connectivity index (χ4v) is 1.96. The quantitative estimate of drug-likeness (QED) is 0.809. The highest BCUT2D eigenvalue weighted by Gasteiger charge is 2.09. The number of hydrogen-bond donors (Lipinski definition) is 2. The van der Waals surface area contributed by atoms with Gasteiger partial charge in [0.25, 0.3) is 0 Å². The van der Waals surface area contributed by atoms with Crippen LogP contribution in [0.2, 0.25) is 0 Å². The molecule has 0 aliphatic rings. The molecule has 2 N–H and O–H groups in total. The number of carbonyl (C=O) groups excluding carboxylic acids is 1. The van der Waals surface area contributed by atoms with Gasteiger partial charge in [-0.3, -0.25) is 4.79 Å². The molecule has 4 heteroatoms. The average Bonchev–Trinajstić information content (AvgIpc) is 2.21. The van der Waals surface area contributed by atoms with E-state index in [1.54, 1.807) is 0 Å². The molecular weight excluding hydrogens is 339 g/mol. The first kappa shape index (κ1) is 15.4. The average molecular weight is 360 g/mol. The lowest BCUT2D eigenvalue weighted by Crippen LogP contribution is -2.37. The maximum Gasteiger partial charge on any atom is 0.225 e. The van der Waals surface area contributed by atoms with Gasteiger partial charge in [-0.05, 0) is 68.0 Å². The molecule has 0 saturated carbocycles. The van der Waals surface area contributed by atoms with E-state index in [-0.39, 0.29) is 11.4 Å². The van der Waals surface area contributed by atoms with Crippen molar-refractivity contribution in [1.82, 2.24) is 5.32 Å². The number of benzene rings is 1. The van der Waals surface area contributed by atoms with E-state index in [1.807, 2.05) is 18.2 Å². The Labute approximate surface area is 123 Å². The van der Waals surface area contributed by atoms with Gasteiger partial charge >= 0.3 is 0 Å². The lowest BCUT2D eigenvalue weighted by Gasteiger charge is -2.20. The summed E-state index contributed by atoms with van der Waals surface area (Å²) in [7, 11) is 0. The third-order valence-corrected chi connectivity index (χ3v) is 3.63. The fraction of sp³-hybridized carbons (Fsp3) is 0.500. The summed E-state index contributed by atoms with van der Waals surface area (Å²) in [4.78, 5) is 11.7. The molecule has 1 rings (SSSR count). The molecule has 100 valence electrons. The minimum Gasteiger partial charge on any atom is -0.326 e. The van der Waals surface area contributed by atoms with Crippen LogP contribution >= 0.6 is 22.6 Å². The second kappa shape index (κ2) is 6.52. The van der Waals surface area contributed by atoms with Crippen molar-refractivity contribution in [3.05, 3.63) is 27.3 Å². The number of anilines is 1. The summed E-state index contributed by atoms with van der Waals surface area (Å²) >= 11 is 2.27. The second-order valence-corrected chi connectivity index (χ2v) is 6.60. The minimum atomic E-state index is 0.0476. The van der Waals surface area contributed by atoms with Crippen molar-refractivity contribution in [2.24, 2.45) is 0 Å². The smallest absolute Gasteiger partial charge is 0.225 e. The number of nitrogens with one attached hydrogen (secondary N) is 2. The maximum absolute atomic E-state index is 11.7. The van der Waals surface area contributed by atoms with Gasteiger partial charge in [0.1, 0.15) is 0 Å². The molecule has 0 aromatic heterocycles. The van der Waals surface area contributed by atoms with Crippen LogP contribution in [-0.4, -0.2) is 18.0 Å². The van der Waals surface area contributed by atoms with Gasteiger partial charge in [-0.25, -0.2) is 0 Å². The summed E-state index contributed by atoms with van der Waals surface area (Å²) in [6.45, 7) is 9.02. The van der Waals surface area contributed by atoms with Crippen molar-refractivity contribution in [3.8, 4) is 0 Å². The van der Waals surface area contributed by atoms with E-state index in [0.717, 1.165) is 5.69 Å². The van der Waals surface area contributed by atoms with Gasteiger partial charge in [-0.15, -0.1) is 0 Å². The Morgan fingerprint density at radius 2 is 2.00 bits per heavy atom. The van der Waals surface area contributed by atoms with Gasteiger partial charge in [0.15, 0.2) is 0 Å². The van der Waals surface area contributed by atoms with Gasteiger partial charge in [0, 0.05) is 27.8 Å². The molecule has 18 heavy (non-hydrogen) atoms. The molecule has 0 radical (unpaired) electrons. The van der Waals surface area contributed by atoms with Gasteiger partial charge in [-0.1, -0.05) is 6.07 Å². The largest absolute Gasteiger partial charge is 0.326 e. The molecule has 3 nitrogen and oxygen atoms in total. The highest BCUT2D eigenvalue weighted by atomic mass is 127. The Hall–Kier alpha value is -0.620. The van der Waals surface area contributed by atoms with Crippen LogP contribution in [0.4, 0.5) is 5.69 Å². The van der Waals surface area contributed by atoms with Crippen molar-refractivity contribution in [1.29, 1.82) is 0 Å². The predicted octanol–water partition coefficient (Wildman–Crippen LogP) is 3.32. The van der Waals surface area contributed by atoms with Crippen molar-refractivity contribution < 1.29 is 4.79 Å². The molecule has 1 amide bonds. The highest BCUT2D eigenvalue weighted by Crippen LogP contribution is 2.17. The third-order valence-electron chi connectivity index (χ3n) is 2.46. The van der Waals surface area contributed by atoms with E-state index in [9.17, 15) is 4.79 Å². The number of carbonyl (C=O) groups is 1. The molecule has 0 aliphatic heterocycles. The van der Waals surface area contributed by atoms with Crippen molar-refractivity contribution in [2.45, 2.75) is 39.7 Å². The van der Waals surface area contributed by atoms with Crippen LogP contribution in [0.3, 0.4) is 0 Å². The van der Waals surface area contributed by atoms with Gasteiger partial charge in [0.05, 0.1) is 0 Å². The Morgan fingerprint density at radius 3 is 2.56 bits per heavy atom. The van der Waals surface area contributed by atoms with E-state index < -0.39 is 0 Å². The fourth-order valence-electron chi connectivity index (χ4n) is 1.45. The molecule has 0 aliphatic carbocycles. The molecule has 0 bridgehead atoms. The normalized spacial score (nSPS) is 11.4. The molecule has 0 saturated heterocycles.